The molecule has 0 bridgehead atoms. The minimum atomic E-state index is -0.120. The fourth-order valence-electron chi connectivity index (χ4n) is 4.93. The number of benzene rings is 1. The zero-order valence-corrected chi connectivity index (χ0v) is 20.1. The Kier molecular flexibility index (Phi) is 7.38. The predicted octanol–water partition coefficient (Wildman–Crippen LogP) is 3.31. The van der Waals surface area contributed by atoms with Crippen LogP contribution in [0.25, 0.3) is 0 Å². The van der Waals surface area contributed by atoms with E-state index in [-0.39, 0.29) is 17.9 Å². The van der Waals surface area contributed by atoms with Crippen LogP contribution in [0.4, 0.5) is 5.82 Å². The topological polar surface area (TPSA) is 69.6 Å². The van der Waals surface area contributed by atoms with Gasteiger partial charge >= 0.3 is 0 Å². The molecule has 0 spiro atoms. The van der Waals surface area contributed by atoms with E-state index in [1.54, 1.807) is 0 Å². The Morgan fingerprint density at radius 1 is 1.12 bits per heavy atom. The van der Waals surface area contributed by atoms with E-state index >= 15 is 0 Å². The van der Waals surface area contributed by atoms with Gasteiger partial charge in [0.15, 0.2) is 5.82 Å². The quantitative estimate of drug-likeness (QED) is 0.618. The van der Waals surface area contributed by atoms with Gasteiger partial charge < -0.3 is 4.90 Å². The summed E-state index contributed by atoms with van der Waals surface area (Å²) in [6.45, 7) is 9.63. The van der Waals surface area contributed by atoms with Crippen molar-refractivity contribution in [3.8, 4) is 0 Å². The maximum absolute atomic E-state index is 13.1. The van der Waals surface area contributed by atoms with Crippen molar-refractivity contribution in [2.75, 3.05) is 37.6 Å². The summed E-state index contributed by atoms with van der Waals surface area (Å²) in [6.07, 6.45) is 3.76. The molecule has 1 unspecified atom stereocenters. The van der Waals surface area contributed by atoms with E-state index in [0.29, 0.717) is 31.8 Å². The first kappa shape index (κ1) is 23.4. The van der Waals surface area contributed by atoms with Crippen LogP contribution < -0.4 is 4.90 Å². The van der Waals surface area contributed by atoms with Gasteiger partial charge in [-0.3, -0.25) is 19.4 Å². The number of hydrogen-bond acceptors (Lipinski definition) is 5. The summed E-state index contributed by atoms with van der Waals surface area (Å²) >= 11 is 0. The Hall–Kier alpha value is -2.80. The molecule has 7 nitrogen and oxygen atoms in total. The summed E-state index contributed by atoms with van der Waals surface area (Å²) in [4.78, 5) is 41.6. The first-order valence-corrected chi connectivity index (χ1v) is 12.2. The van der Waals surface area contributed by atoms with E-state index in [0.717, 1.165) is 56.0 Å². The summed E-state index contributed by atoms with van der Waals surface area (Å²) in [5.41, 5.74) is 3.19. The summed E-state index contributed by atoms with van der Waals surface area (Å²) in [6, 6.07) is 10.1. The molecule has 33 heavy (non-hydrogen) atoms. The maximum Gasteiger partial charge on any atom is 0.237 e. The highest BCUT2D eigenvalue weighted by molar-refractivity contribution is 5.95. The number of likely N-dealkylation sites (N-methyl/N-ethyl adjacent to an activating group) is 1. The number of amides is 2. The SMILES string of the molecule is CCN(CC)CC(=O)N1CCCC1c1nc(C)c2c(n1)N(CCc1ccccc1)C(=O)CC2. The normalized spacial score (nSPS) is 18.2. The van der Waals surface area contributed by atoms with Gasteiger partial charge in [0.2, 0.25) is 11.8 Å². The summed E-state index contributed by atoms with van der Waals surface area (Å²) in [5.74, 6) is 1.67. The predicted molar refractivity (Wildman–Crippen MR) is 129 cm³/mol. The molecule has 4 rings (SSSR count). The van der Waals surface area contributed by atoms with Gasteiger partial charge in [-0.1, -0.05) is 44.2 Å². The average molecular weight is 450 g/mol. The lowest BCUT2D eigenvalue weighted by atomic mass is 10.0. The van der Waals surface area contributed by atoms with Gasteiger partial charge in [-0.05, 0) is 51.3 Å². The van der Waals surface area contributed by atoms with Crippen molar-refractivity contribution in [2.45, 2.75) is 58.9 Å². The molecule has 7 heteroatoms. The fraction of sp³-hybridized carbons (Fsp3) is 0.538. The van der Waals surface area contributed by atoms with Gasteiger partial charge in [-0.15, -0.1) is 0 Å². The first-order chi connectivity index (χ1) is 16.0. The molecule has 2 aliphatic heterocycles. The number of likely N-dealkylation sites (tertiary alicyclic amines) is 1. The zero-order chi connectivity index (χ0) is 23.4. The van der Waals surface area contributed by atoms with Crippen molar-refractivity contribution >= 4 is 17.6 Å². The molecular weight excluding hydrogens is 414 g/mol. The third kappa shape index (κ3) is 5.08. The Labute approximate surface area is 196 Å². The van der Waals surface area contributed by atoms with E-state index in [2.05, 4.69) is 30.9 Å². The lowest BCUT2D eigenvalue weighted by molar-refractivity contribution is -0.133. The summed E-state index contributed by atoms with van der Waals surface area (Å²) in [7, 11) is 0. The molecule has 0 aliphatic carbocycles. The number of nitrogens with zero attached hydrogens (tertiary/aromatic N) is 5. The van der Waals surface area contributed by atoms with Gasteiger partial charge in [-0.2, -0.15) is 0 Å². The molecule has 1 aromatic carbocycles. The minimum absolute atomic E-state index is 0.114. The van der Waals surface area contributed by atoms with Crippen molar-refractivity contribution in [2.24, 2.45) is 0 Å². The molecule has 2 aromatic rings. The van der Waals surface area contributed by atoms with E-state index in [1.807, 2.05) is 34.9 Å². The van der Waals surface area contributed by atoms with Crippen molar-refractivity contribution in [1.29, 1.82) is 0 Å². The number of carbonyl (C=O) groups excluding carboxylic acids is 2. The summed E-state index contributed by atoms with van der Waals surface area (Å²) in [5, 5.41) is 0. The van der Waals surface area contributed by atoms with Crippen LogP contribution in [0, 0.1) is 6.92 Å². The number of hydrogen-bond donors (Lipinski definition) is 0. The van der Waals surface area contributed by atoms with Crippen molar-refractivity contribution in [3.05, 3.63) is 53.0 Å². The van der Waals surface area contributed by atoms with Crippen LogP contribution in [0.3, 0.4) is 0 Å². The van der Waals surface area contributed by atoms with Gasteiger partial charge in [0.25, 0.3) is 0 Å². The Balaban J connectivity index is 1.59. The Bertz CT molecular complexity index is 990. The molecular formula is C26H35N5O2. The van der Waals surface area contributed by atoms with Crippen LogP contribution in [0.2, 0.25) is 0 Å². The molecule has 2 aliphatic rings. The second-order valence-corrected chi connectivity index (χ2v) is 8.96. The van der Waals surface area contributed by atoms with Crippen molar-refractivity contribution in [1.82, 2.24) is 19.8 Å². The molecule has 1 saturated heterocycles. The second kappa shape index (κ2) is 10.4. The molecule has 0 saturated carbocycles. The van der Waals surface area contributed by atoms with E-state index < -0.39 is 0 Å². The smallest absolute Gasteiger partial charge is 0.237 e. The lowest BCUT2D eigenvalue weighted by Gasteiger charge is -2.31. The second-order valence-electron chi connectivity index (χ2n) is 8.96. The molecule has 176 valence electrons. The fourth-order valence-corrected chi connectivity index (χ4v) is 4.93. The van der Waals surface area contributed by atoms with Crippen LogP contribution >= 0.6 is 0 Å². The van der Waals surface area contributed by atoms with Gasteiger partial charge in [0, 0.05) is 30.8 Å². The van der Waals surface area contributed by atoms with Crippen LogP contribution in [-0.4, -0.2) is 64.3 Å². The van der Waals surface area contributed by atoms with Crippen molar-refractivity contribution < 1.29 is 9.59 Å². The number of carbonyl (C=O) groups is 2. The molecule has 2 amide bonds. The highest BCUT2D eigenvalue weighted by Crippen LogP contribution is 2.34. The van der Waals surface area contributed by atoms with Crippen molar-refractivity contribution in [3.63, 3.8) is 0 Å². The Morgan fingerprint density at radius 3 is 2.61 bits per heavy atom. The van der Waals surface area contributed by atoms with E-state index in [9.17, 15) is 9.59 Å². The number of anilines is 1. The molecule has 0 radical (unpaired) electrons. The maximum atomic E-state index is 13.1. The number of aryl methyl sites for hydroxylation is 1. The highest BCUT2D eigenvalue weighted by atomic mass is 16.2. The van der Waals surface area contributed by atoms with E-state index in [4.69, 9.17) is 9.97 Å². The number of rotatable bonds is 8. The van der Waals surface area contributed by atoms with E-state index in [1.165, 1.54) is 5.56 Å². The van der Waals surface area contributed by atoms with Gasteiger partial charge in [-0.25, -0.2) is 9.97 Å². The van der Waals surface area contributed by atoms with Gasteiger partial charge in [0.1, 0.15) is 5.82 Å². The highest BCUT2D eigenvalue weighted by Gasteiger charge is 2.35. The monoisotopic (exact) mass is 449 g/mol. The minimum Gasteiger partial charge on any atom is -0.331 e. The lowest BCUT2D eigenvalue weighted by Crippen LogP contribution is -2.41. The molecule has 1 aromatic heterocycles. The van der Waals surface area contributed by atoms with Gasteiger partial charge in [0.05, 0.1) is 12.6 Å². The standard InChI is InChI=1S/C26H35N5O2/c1-4-29(5-2)18-24(33)30-16-9-12-22(30)25-27-19(3)21-13-14-23(32)31(26(21)28-25)17-15-20-10-7-6-8-11-20/h6-8,10-11,22H,4-5,9,12-18H2,1-3H3. The number of fused-ring (bicyclic) bond motifs is 1. The van der Waals surface area contributed by atoms with Crippen LogP contribution in [0.1, 0.15) is 61.8 Å². The zero-order valence-electron chi connectivity index (χ0n) is 20.1. The molecule has 0 N–H and O–H groups in total. The average Bonchev–Trinajstić information content (AvgIpc) is 3.32. The van der Waals surface area contributed by atoms with Crippen LogP contribution in [0.5, 0.6) is 0 Å². The van der Waals surface area contributed by atoms with Crippen LogP contribution in [-0.2, 0) is 22.4 Å². The molecule has 3 heterocycles. The first-order valence-electron chi connectivity index (χ1n) is 12.2. The summed E-state index contributed by atoms with van der Waals surface area (Å²) < 4.78 is 0. The molecule has 1 fully saturated rings. The molecule has 1 atom stereocenters. The number of aromatic nitrogens is 2. The Morgan fingerprint density at radius 2 is 1.88 bits per heavy atom. The van der Waals surface area contributed by atoms with Crippen LogP contribution in [0.15, 0.2) is 30.3 Å². The third-order valence-electron chi connectivity index (χ3n) is 6.95. The largest absolute Gasteiger partial charge is 0.331 e. The third-order valence-corrected chi connectivity index (χ3v) is 6.95.